The summed E-state index contributed by atoms with van der Waals surface area (Å²) in [6, 6.07) is 8.77. The normalized spacial score (nSPS) is 16.9. The fraction of sp³-hybridized carbons (Fsp3) is 0.500. The minimum absolute atomic E-state index is 0.942. The maximum absolute atomic E-state index is 2.47. The summed E-state index contributed by atoms with van der Waals surface area (Å²) in [4.78, 5) is 2.47. The summed E-state index contributed by atoms with van der Waals surface area (Å²) in [5.41, 5.74) is 1.39. The van der Waals surface area contributed by atoms with Crippen LogP contribution in [0.2, 0.25) is 0 Å². The minimum atomic E-state index is 0.942. The van der Waals surface area contributed by atoms with Crippen LogP contribution in [0.4, 0.5) is 5.69 Å². The van der Waals surface area contributed by atoms with Crippen molar-refractivity contribution in [3.05, 3.63) is 27.8 Å². The van der Waals surface area contributed by atoms with Gasteiger partial charge in [-0.2, -0.15) is 0 Å². The van der Waals surface area contributed by atoms with Crippen LogP contribution < -0.4 is 4.90 Å². The Kier molecular flexibility index (Phi) is 3.31. The largest absolute Gasteiger partial charge is 0.371 e. The van der Waals surface area contributed by atoms with E-state index < -0.39 is 0 Å². The fourth-order valence-corrected chi connectivity index (χ4v) is 2.57. The van der Waals surface area contributed by atoms with Crippen LogP contribution in [0.15, 0.2) is 24.3 Å². The Balaban J connectivity index is 1.93. The molecule has 0 spiro atoms. The molecule has 1 aromatic rings. The lowest BCUT2D eigenvalue weighted by atomic mass is 9.94. The van der Waals surface area contributed by atoms with Gasteiger partial charge >= 0.3 is 0 Å². The highest BCUT2D eigenvalue weighted by molar-refractivity contribution is 14.1. The Hall–Kier alpha value is -0.250. The van der Waals surface area contributed by atoms with E-state index in [1.165, 1.54) is 35.2 Å². The summed E-state index contributed by atoms with van der Waals surface area (Å²) in [5.74, 6) is 0.942. The van der Waals surface area contributed by atoms with Crippen molar-refractivity contribution in [2.24, 2.45) is 5.92 Å². The van der Waals surface area contributed by atoms with Gasteiger partial charge in [0.25, 0.3) is 0 Å². The van der Waals surface area contributed by atoms with Gasteiger partial charge in [-0.15, -0.1) is 0 Å². The molecule has 1 aliphatic heterocycles. The average Bonchev–Trinajstić information content (AvgIpc) is 2.10. The van der Waals surface area contributed by atoms with Crippen LogP contribution in [0.1, 0.15) is 19.8 Å². The molecule has 1 aromatic carbocycles. The van der Waals surface area contributed by atoms with Gasteiger partial charge in [-0.05, 0) is 53.1 Å². The zero-order valence-electron chi connectivity index (χ0n) is 8.54. The van der Waals surface area contributed by atoms with E-state index in [4.69, 9.17) is 0 Å². The smallest absolute Gasteiger partial charge is 0.0377 e. The van der Waals surface area contributed by atoms with E-state index in [-0.39, 0.29) is 0 Å². The first-order valence-corrected chi connectivity index (χ1v) is 6.38. The number of rotatable bonds is 3. The lowest BCUT2D eigenvalue weighted by molar-refractivity contribution is 0.380. The maximum atomic E-state index is 2.47. The van der Waals surface area contributed by atoms with Crippen molar-refractivity contribution in [3.8, 4) is 0 Å². The second-order valence-corrected chi connectivity index (χ2v) is 5.29. The predicted octanol–water partition coefficient (Wildman–Crippen LogP) is 3.53. The van der Waals surface area contributed by atoms with E-state index in [2.05, 4.69) is 58.7 Å². The number of anilines is 1. The van der Waals surface area contributed by atoms with E-state index in [0.717, 1.165) is 5.92 Å². The zero-order chi connectivity index (χ0) is 9.97. The van der Waals surface area contributed by atoms with Crippen molar-refractivity contribution >= 4 is 28.3 Å². The first-order chi connectivity index (χ1) is 6.79. The summed E-state index contributed by atoms with van der Waals surface area (Å²) in [6.45, 7) is 4.79. The van der Waals surface area contributed by atoms with Crippen LogP contribution in [-0.2, 0) is 0 Å². The van der Waals surface area contributed by atoms with Gasteiger partial charge in [0.1, 0.15) is 0 Å². The standard InChI is InChI=1S/C12H16IN/c1-2-4-10-8-14(9-10)12-6-3-5-11(13)7-12/h3,5-7,10H,2,4,8-9H2,1H3. The maximum Gasteiger partial charge on any atom is 0.0377 e. The van der Waals surface area contributed by atoms with Crippen molar-refractivity contribution in [2.45, 2.75) is 19.8 Å². The Morgan fingerprint density at radius 1 is 1.43 bits per heavy atom. The first kappa shape index (κ1) is 10.3. The Labute approximate surface area is 99.6 Å². The molecule has 14 heavy (non-hydrogen) atoms. The van der Waals surface area contributed by atoms with Crippen LogP contribution in [0.3, 0.4) is 0 Å². The van der Waals surface area contributed by atoms with Crippen molar-refractivity contribution in [3.63, 3.8) is 0 Å². The van der Waals surface area contributed by atoms with Crippen molar-refractivity contribution in [2.75, 3.05) is 18.0 Å². The molecule has 1 heterocycles. The number of nitrogens with zero attached hydrogens (tertiary/aromatic N) is 1. The van der Waals surface area contributed by atoms with Crippen LogP contribution >= 0.6 is 22.6 Å². The molecule has 0 amide bonds. The van der Waals surface area contributed by atoms with Gasteiger partial charge in [-0.25, -0.2) is 0 Å². The molecule has 0 aromatic heterocycles. The van der Waals surface area contributed by atoms with Crippen LogP contribution in [0, 0.1) is 9.49 Å². The summed E-state index contributed by atoms with van der Waals surface area (Å²) in [6.07, 6.45) is 2.71. The minimum Gasteiger partial charge on any atom is -0.371 e. The second-order valence-electron chi connectivity index (χ2n) is 4.04. The highest BCUT2D eigenvalue weighted by Gasteiger charge is 2.25. The molecule has 1 fully saturated rings. The molecule has 0 radical (unpaired) electrons. The number of halogens is 1. The molecule has 1 aliphatic rings. The summed E-state index contributed by atoms with van der Waals surface area (Å²) in [7, 11) is 0. The van der Waals surface area contributed by atoms with Gasteiger partial charge in [0.05, 0.1) is 0 Å². The summed E-state index contributed by atoms with van der Waals surface area (Å²) >= 11 is 2.37. The number of hydrogen-bond acceptors (Lipinski definition) is 1. The van der Waals surface area contributed by atoms with E-state index in [1.54, 1.807) is 0 Å². The van der Waals surface area contributed by atoms with E-state index in [9.17, 15) is 0 Å². The second kappa shape index (κ2) is 4.51. The predicted molar refractivity (Wildman–Crippen MR) is 69.8 cm³/mol. The molecule has 0 saturated carbocycles. The summed E-state index contributed by atoms with van der Waals surface area (Å²) < 4.78 is 1.33. The molecular weight excluding hydrogens is 285 g/mol. The van der Waals surface area contributed by atoms with E-state index in [1.807, 2.05) is 0 Å². The molecule has 2 heteroatoms. The fourth-order valence-electron chi connectivity index (χ4n) is 2.04. The Morgan fingerprint density at radius 2 is 2.21 bits per heavy atom. The Bertz CT molecular complexity index is 305. The van der Waals surface area contributed by atoms with Crippen LogP contribution in [-0.4, -0.2) is 13.1 Å². The first-order valence-electron chi connectivity index (χ1n) is 5.30. The molecule has 0 unspecified atom stereocenters. The van der Waals surface area contributed by atoms with Gasteiger partial charge < -0.3 is 4.90 Å². The topological polar surface area (TPSA) is 3.24 Å². The zero-order valence-corrected chi connectivity index (χ0v) is 10.7. The average molecular weight is 301 g/mol. The van der Waals surface area contributed by atoms with Gasteiger partial charge in [0, 0.05) is 22.3 Å². The van der Waals surface area contributed by atoms with Crippen molar-refractivity contribution < 1.29 is 0 Å². The van der Waals surface area contributed by atoms with Crippen LogP contribution in [0.5, 0.6) is 0 Å². The number of hydrogen-bond donors (Lipinski definition) is 0. The molecule has 0 atom stereocenters. The lowest BCUT2D eigenvalue weighted by Gasteiger charge is -2.41. The Morgan fingerprint density at radius 3 is 2.86 bits per heavy atom. The third-order valence-corrected chi connectivity index (χ3v) is 3.50. The van der Waals surface area contributed by atoms with E-state index in [0.29, 0.717) is 0 Å². The van der Waals surface area contributed by atoms with Crippen molar-refractivity contribution in [1.82, 2.24) is 0 Å². The third kappa shape index (κ3) is 2.22. The molecule has 2 rings (SSSR count). The SMILES string of the molecule is CCCC1CN(c2cccc(I)c2)C1. The molecule has 0 aliphatic carbocycles. The van der Waals surface area contributed by atoms with Crippen LogP contribution in [0.25, 0.3) is 0 Å². The van der Waals surface area contributed by atoms with Gasteiger partial charge in [-0.1, -0.05) is 19.4 Å². The van der Waals surface area contributed by atoms with Gasteiger partial charge in [0.2, 0.25) is 0 Å². The monoisotopic (exact) mass is 301 g/mol. The quantitative estimate of drug-likeness (QED) is 0.772. The highest BCUT2D eigenvalue weighted by Crippen LogP contribution is 2.27. The van der Waals surface area contributed by atoms with Crippen molar-refractivity contribution in [1.29, 1.82) is 0 Å². The highest BCUT2D eigenvalue weighted by atomic mass is 127. The number of benzene rings is 1. The third-order valence-electron chi connectivity index (χ3n) is 2.83. The van der Waals surface area contributed by atoms with Gasteiger partial charge in [0.15, 0.2) is 0 Å². The molecular formula is C12H16IN. The lowest BCUT2D eigenvalue weighted by Crippen LogP contribution is -2.46. The van der Waals surface area contributed by atoms with Gasteiger partial charge in [-0.3, -0.25) is 0 Å². The molecule has 76 valence electrons. The molecule has 1 nitrogen and oxygen atoms in total. The van der Waals surface area contributed by atoms with E-state index >= 15 is 0 Å². The molecule has 0 N–H and O–H groups in total. The molecule has 0 bridgehead atoms. The summed E-state index contributed by atoms with van der Waals surface area (Å²) in [5, 5.41) is 0. The molecule has 1 saturated heterocycles.